The van der Waals surface area contributed by atoms with E-state index in [1.165, 1.54) is 25.7 Å². The number of aromatic nitrogens is 3. The molecule has 1 aromatic heterocycles. The molecule has 0 atom stereocenters. The molecular weight excluding hydrogens is 266 g/mol. The Labute approximate surface area is 127 Å². The highest BCUT2D eigenvalue weighted by molar-refractivity contribution is 5.35. The van der Waals surface area contributed by atoms with E-state index in [1.54, 1.807) is 7.11 Å². The second-order valence-corrected chi connectivity index (χ2v) is 5.90. The second kappa shape index (κ2) is 8.00. The van der Waals surface area contributed by atoms with Gasteiger partial charge in [0.25, 0.3) is 0 Å². The van der Waals surface area contributed by atoms with E-state index in [9.17, 15) is 0 Å². The number of ether oxygens (including phenoxy) is 1. The molecule has 0 aliphatic heterocycles. The Morgan fingerprint density at radius 3 is 2.33 bits per heavy atom. The van der Waals surface area contributed by atoms with Crippen molar-refractivity contribution >= 4 is 11.9 Å². The zero-order valence-corrected chi connectivity index (χ0v) is 13.4. The zero-order chi connectivity index (χ0) is 15.1. The van der Waals surface area contributed by atoms with Crippen LogP contribution in [-0.2, 0) is 0 Å². The van der Waals surface area contributed by atoms with E-state index in [0.29, 0.717) is 17.9 Å². The van der Waals surface area contributed by atoms with Crippen LogP contribution in [0.15, 0.2) is 0 Å². The predicted molar refractivity (Wildman–Crippen MR) is 84.8 cm³/mol. The van der Waals surface area contributed by atoms with Crippen LogP contribution < -0.4 is 15.4 Å². The zero-order valence-electron chi connectivity index (χ0n) is 13.4. The third-order valence-electron chi connectivity index (χ3n) is 4.01. The van der Waals surface area contributed by atoms with E-state index < -0.39 is 0 Å². The molecule has 0 amide bonds. The molecule has 0 unspecified atom stereocenters. The molecule has 6 nitrogen and oxygen atoms in total. The number of hydrogen-bond acceptors (Lipinski definition) is 6. The quantitative estimate of drug-likeness (QED) is 0.805. The van der Waals surface area contributed by atoms with Crippen molar-refractivity contribution in [3.05, 3.63) is 0 Å². The highest BCUT2D eigenvalue weighted by Gasteiger charge is 2.18. The summed E-state index contributed by atoms with van der Waals surface area (Å²) in [6, 6.07) is 0.350. The predicted octanol–water partition coefficient (Wildman–Crippen LogP) is 2.94. The van der Waals surface area contributed by atoms with Crippen molar-refractivity contribution in [2.75, 3.05) is 30.8 Å². The minimum absolute atomic E-state index is 0.350. The van der Waals surface area contributed by atoms with Crippen molar-refractivity contribution in [1.29, 1.82) is 0 Å². The van der Waals surface area contributed by atoms with E-state index >= 15 is 0 Å². The van der Waals surface area contributed by atoms with E-state index in [4.69, 9.17) is 4.74 Å². The normalized spacial score (nSPS) is 21.9. The molecule has 1 saturated carbocycles. The summed E-state index contributed by atoms with van der Waals surface area (Å²) in [6.45, 7) is 6.21. The lowest BCUT2D eigenvalue weighted by Crippen LogP contribution is -2.21. The fourth-order valence-electron chi connectivity index (χ4n) is 2.61. The third kappa shape index (κ3) is 5.02. The van der Waals surface area contributed by atoms with Crippen LogP contribution in [0, 0.1) is 11.8 Å². The number of hydrogen-bond donors (Lipinski definition) is 2. The van der Waals surface area contributed by atoms with Crippen LogP contribution in [-0.4, -0.2) is 35.2 Å². The number of rotatable bonds is 7. The fraction of sp³-hybridized carbons (Fsp3) is 0.800. The van der Waals surface area contributed by atoms with Gasteiger partial charge in [-0.25, -0.2) is 0 Å². The van der Waals surface area contributed by atoms with Crippen LogP contribution in [0.2, 0.25) is 0 Å². The first kappa shape index (κ1) is 15.8. The summed E-state index contributed by atoms with van der Waals surface area (Å²) in [4.78, 5) is 12.9. The highest BCUT2D eigenvalue weighted by atomic mass is 16.5. The van der Waals surface area contributed by atoms with E-state index in [-0.39, 0.29) is 0 Å². The summed E-state index contributed by atoms with van der Waals surface area (Å²) < 4.78 is 5.14. The van der Waals surface area contributed by atoms with Gasteiger partial charge in [0, 0.05) is 13.1 Å². The Bertz CT molecular complexity index is 432. The van der Waals surface area contributed by atoms with Crippen LogP contribution in [0.3, 0.4) is 0 Å². The molecular formula is C15H27N5O. The first-order chi connectivity index (χ1) is 10.2. The van der Waals surface area contributed by atoms with Gasteiger partial charge < -0.3 is 15.4 Å². The number of methoxy groups -OCH3 is 1. The summed E-state index contributed by atoms with van der Waals surface area (Å²) in [5.74, 6) is 2.77. The number of nitrogens with zero attached hydrogens (tertiary/aromatic N) is 3. The largest absolute Gasteiger partial charge is 0.467 e. The molecule has 21 heavy (non-hydrogen) atoms. The average molecular weight is 293 g/mol. The van der Waals surface area contributed by atoms with Gasteiger partial charge in [0.1, 0.15) is 0 Å². The van der Waals surface area contributed by atoms with Gasteiger partial charge in [0.15, 0.2) is 0 Å². The van der Waals surface area contributed by atoms with Crippen LogP contribution in [0.5, 0.6) is 6.01 Å². The second-order valence-electron chi connectivity index (χ2n) is 5.90. The van der Waals surface area contributed by atoms with Gasteiger partial charge in [0.05, 0.1) is 7.11 Å². The van der Waals surface area contributed by atoms with E-state index in [2.05, 4.69) is 39.4 Å². The van der Waals surface area contributed by atoms with Gasteiger partial charge >= 0.3 is 6.01 Å². The van der Waals surface area contributed by atoms with Gasteiger partial charge in [-0.05, 0) is 31.1 Å². The molecule has 1 heterocycles. The molecule has 2 rings (SSSR count). The van der Waals surface area contributed by atoms with E-state index in [1.807, 2.05) is 0 Å². The van der Waals surface area contributed by atoms with E-state index in [0.717, 1.165) is 31.3 Å². The maximum absolute atomic E-state index is 5.14. The van der Waals surface area contributed by atoms with Crippen molar-refractivity contribution in [2.45, 2.75) is 46.0 Å². The molecule has 1 aromatic rings. The highest BCUT2D eigenvalue weighted by Crippen LogP contribution is 2.28. The Hall–Kier alpha value is -1.59. The molecule has 0 aromatic carbocycles. The number of nitrogens with one attached hydrogen (secondary N) is 2. The topological polar surface area (TPSA) is 72.0 Å². The lowest BCUT2D eigenvalue weighted by molar-refractivity contribution is 0.300. The average Bonchev–Trinajstić information content (AvgIpc) is 2.52. The first-order valence-electron chi connectivity index (χ1n) is 7.99. The lowest BCUT2D eigenvalue weighted by atomic mass is 9.83. The monoisotopic (exact) mass is 293 g/mol. The summed E-state index contributed by atoms with van der Waals surface area (Å²) in [5, 5.41) is 6.51. The summed E-state index contributed by atoms with van der Waals surface area (Å²) in [7, 11) is 1.57. The van der Waals surface area contributed by atoms with Crippen molar-refractivity contribution in [3.8, 4) is 6.01 Å². The van der Waals surface area contributed by atoms with Crippen molar-refractivity contribution in [3.63, 3.8) is 0 Å². The van der Waals surface area contributed by atoms with Crippen LogP contribution in [0.1, 0.15) is 46.0 Å². The maximum Gasteiger partial charge on any atom is 0.322 e. The molecule has 0 radical (unpaired) electrons. The lowest BCUT2D eigenvalue weighted by Gasteiger charge is -2.26. The standard InChI is InChI=1S/C15H27N5O/c1-4-9-16-13-18-14(20-15(19-13)21-3)17-10-12-7-5-11(2)6-8-12/h11-12H,4-10H2,1-3H3,(H2,16,17,18,19,20). The van der Waals surface area contributed by atoms with Gasteiger partial charge in [-0.15, -0.1) is 0 Å². The summed E-state index contributed by atoms with van der Waals surface area (Å²) in [6.07, 6.45) is 6.26. The SMILES string of the molecule is CCCNc1nc(NCC2CCC(C)CC2)nc(OC)n1. The minimum atomic E-state index is 0.350. The van der Waals surface area contributed by atoms with Crippen molar-refractivity contribution in [1.82, 2.24) is 15.0 Å². The van der Waals surface area contributed by atoms with Crippen molar-refractivity contribution < 1.29 is 4.74 Å². The Morgan fingerprint density at radius 1 is 1.05 bits per heavy atom. The molecule has 118 valence electrons. The smallest absolute Gasteiger partial charge is 0.322 e. The fourth-order valence-corrected chi connectivity index (χ4v) is 2.61. The third-order valence-corrected chi connectivity index (χ3v) is 4.01. The molecule has 1 aliphatic carbocycles. The molecule has 0 spiro atoms. The minimum Gasteiger partial charge on any atom is -0.467 e. The Kier molecular flexibility index (Phi) is 6.02. The maximum atomic E-state index is 5.14. The van der Waals surface area contributed by atoms with Gasteiger partial charge in [-0.1, -0.05) is 26.7 Å². The Balaban J connectivity index is 1.91. The molecule has 0 bridgehead atoms. The molecule has 0 saturated heterocycles. The van der Waals surface area contributed by atoms with Crippen molar-refractivity contribution in [2.24, 2.45) is 11.8 Å². The van der Waals surface area contributed by atoms with Gasteiger partial charge in [-0.3, -0.25) is 0 Å². The van der Waals surface area contributed by atoms with Gasteiger partial charge in [-0.2, -0.15) is 15.0 Å². The molecule has 1 aliphatic rings. The molecule has 2 N–H and O–H groups in total. The first-order valence-corrected chi connectivity index (χ1v) is 7.99. The molecule has 6 heteroatoms. The van der Waals surface area contributed by atoms with Crippen LogP contribution in [0.25, 0.3) is 0 Å². The van der Waals surface area contributed by atoms with Gasteiger partial charge in [0.2, 0.25) is 11.9 Å². The molecule has 1 fully saturated rings. The number of anilines is 2. The van der Waals surface area contributed by atoms with Crippen LogP contribution >= 0.6 is 0 Å². The summed E-state index contributed by atoms with van der Waals surface area (Å²) >= 11 is 0. The summed E-state index contributed by atoms with van der Waals surface area (Å²) in [5.41, 5.74) is 0. The van der Waals surface area contributed by atoms with Crippen LogP contribution in [0.4, 0.5) is 11.9 Å². The Morgan fingerprint density at radius 2 is 1.71 bits per heavy atom.